The minimum atomic E-state index is -0.824. The van der Waals surface area contributed by atoms with Gasteiger partial charge in [-0.25, -0.2) is 19.2 Å². The molecule has 2 aromatic carbocycles. The number of benzene rings is 2. The minimum Gasteiger partial charge on any atom is -0.479 e. The first kappa shape index (κ1) is 20.2. The number of methoxy groups -OCH3 is 3. The molecule has 8 nitrogen and oxygen atoms in total. The highest BCUT2D eigenvalue weighted by Gasteiger charge is 2.22. The molecule has 1 aromatic heterocycles. The molecule has 0 fully saturated rings. The van der Waals surface area contributed by atoms with Gasteiger partial charge in [-0.2, -0.15) is 0 Å². The third-order valence-corrected chi connectivity index (χ3v) is 4.05. The smallest absolute Gasteiger partial charge is 0.340 e. The zero-order valence-corrected chi connectivity index (χ0v) is 15.9. The molecule has 3 rings (SSSR count). The average molecular weight is 400 g/mol. The highest BCUT2D eigenvalue weighted by Crippen LogP contribution is 2.34. The lowest BCUT2D eigenvalue weighted by molar-refractivity contribution is 0.0520. The lowest BCUT2D eigenvalue weighted by Gasteiger charge is -2.13. The maximum atomic E-state index is 15.0. The van der Waals surface area contributed by atoms with Gasteiger partial charge in [0.15, 0.2) is 12.5 Å². The maximum Gasteiger partial charge on any atom is 0.340 e. The Labute approximate surface area is 165 Å². The number of aromatic nitrogens is 2. The summed E-state index contributed by atoms with van der Waals surface area (Å²) in [6.07, 6.45) is 0.640. The summed E-state index contributed by atoms with van der Waals surface area (Å²) in [5.74, 6) is -1.40. The highest BCUT2D eigenvalue weighted by molar-refractivity contribution is 5.93. The van der Waals surface area contributed by atoms with Crippen LogP contribution in [-0.4, -0.2) is 50.3 Å². The summed E-state index contributed by atoms with van der Waals surface area (Å²) in [5, 5.41) is 0. The summed E-state index contributed by atoms with van der Waals surface area (Å²) < 4.78 is 35.3. The molecule has 0 aliphatic rings. The van der Waals surface area contributed by atoms with Gasteiger partial charge in [-0.1, -0.05) is 6.07 Å². The number of esters is 1. The number of halogens is 1. The molecule has 0 atom stereocenters. The quantitative estimate of drug-likeness (QED) is 0.339. The van der Waals surface area contributed by atoms with Gasteiger partial charge in [0.05, 0.1) is 25.3 Å². The van der Waals surface area contributed by atoms with Crippen LogP contribution in [-0.2, 0) is 9.47 Å². The fourth-order valence-electron chi connectivity index (χ4n) is 2.73. The number of aldehydes is 1. The second-order valence-corrected chi connectivity index (χ2v) is 5.80. The predicted octanol–water partition coefficient (Wildman–Crippen LogP) is 3.03. The molecular formula is C20H17FN2O6. The van der Waals surface area contributed by atoms with Gasteiger partial charge in [0.2, 0.25) is 5.88 Å². The molecule has 1 heterocycles. The van der Waals surface area contributed by atoms with Crippen LogP contribution in [0.25, 0.3) is 22.3 Å². The van der Waals surface area contributed by atoms with Crippen molar-refractivity contribution in [3.63, 3.8) is 0 Å². The second kappa shape index (κ2) is 8.61. The summed E-state index contributed by atoms with van der Waals surface area (Å²) in [4.78, 5) is 31.9. The normalized spacial score (nSPS) is 10.6. The van der Waals surface area contributed by atoms with E-state index in [0.717, 1.165) is 7.11 Å². The van der Waals surface area contributed by atoms with E-state index in [-0.39, 0.29) is 40.8 Å². The van der Waals surface area contributed by atoms with Crippen LogP contribution >= 0.6 is 0 Å². The van der Waals surface area contributed by atoms with Crippen molar-refractivity contribution >= 4 is 23.3 Å². The molecule has 0 spiro atoms. The molecular weight excluding hydrogens is 383 g/mol. The van der Waals surface area contributed by atoms with Crippen LogP contribution in [0.3, 0.4) is 0 Å². The molecule has 0 aliphatic carbocycles. The van der Waals surface area contributed by atoms with Crippen LogP contribution in [0.4, 0.5) is 4.39 Å². The van der Waals surface area contributed by atoms with E-state index in [1.54, 1.807) is 0 Å². The number of ether oxygens (including phenoxy) is 4. The van der Waals surface area contributed by atoms with Gasteiger partial charge in [-0.3, -0.25) is 4.79 Å². The van der Waals surface area contributed by atoms with Crippen molar-refractivity contribution in [1.82, 2.24) is 9.97 Å². The summed E-state index contributed by atoms with van der Waals surface area (Å²) >= 11 is 0. The molecule has 3 aromatic rings. The Hall–Kier alpha value is -3.59. The van der Waals surface area contributed by atoms with Gasteiger partial charge in [0, 0.05) is 18.2 Å². The van der Waals surface area contributed by atoms with E-state index in [1.807, 2.05) is 0 Å². The molecule has 0 saturated carbocycles. The predicted molar refractivity (Wildman–Crippen MR) is 101 cm³/mol. The van der Waals surface area contributed by atoms with Crippen molar-refractivity contribution in [2.45, 2.75) is 0 Å². The number of hydrogen-bond donors (Lipinski definition) is 0. The highest BCUT2D eigenvalue weighted by atomic mass is 19.1. The Morgan fingerprint density at radius 3 is 2.62 bits per heavy atom. The number of fused-ring (bicyclic) bond motifs is 1. The number of hydrogen-bond acceptors (Lipinski definition) is 8. The fraction of sp³-hybridized carbons (Fsp3) is 0.200. The Balaban J connectivity index is 2.28. The summed E-state index contributed by atoms with van der Waals surface area (Å²) in [7, 11) is 3.96. The zero-order chi connectivity index (χ0) is 21.0. The van der Waals surface area contributed by atoms with E-state index in [4.69, 9.17) is 14.2 Å². The van der Waals surface area contributed by atoms with Gasteiger partial charge in [-0.05, 0) is 24.3 Å². The first-order chi connectivity index (χ1) is 14.0. The molecule has 150 valence electrons. The van der Waals surface area contributed by atoms with E-state index in [9.17, 15) is 9.59 Å². The van der Waals surface area contributed by atoms with Crippen LogP contribution in [0.15, 0.2) is 30.3 Å². The van der Waals surface area contributed by atoms with Crippen LogP contribution in [0.1, 0.15) is 20.7 Å². The summed E-state index contributed by atoms with van der Waals surface area (Å²) in [6.45, 7) is -0.0906. The fourth-order valence-corrected chi connectivity index (χ4v) is 2.73. The van der Waals surface area contributed by atoms with Crippen molar-refractivity contribution in [2.75, 3.05) is 28.1 Å². The van der Waals surface area contributed by atoms with Crippen molar-refractivity contribution in [1.29, 1.82) is 0 Å². The van der Waals surface area contributed by atoms with E-state index < -0.39 is 11.8 Å². The van der Waals surface area contributed by atoms with Crippen LogP contribution in [0.5, 0.6) is 11.6 Å². The standard InChI is InChI=1S/C20H17FN2O6/c1-26-10-29-15-8-11(9-24)7-14-18(15)23-17(19(22-14)27-2)12-5-4-6-13(16(12)21)20(25)28-3/h4-9H,10H2,1-3H3. The molecule has 0 radical (unpaired) electrons. The Morgan fingerprint density at radius 2 is 1.97 bits per heavy atom. The minimum absolute atomic E-state index is 0.00342. The first-order valence-corrected chi connectivity index (χ1v) is 8.38. The van der Waals surface area contributed by atoms with Gasteiger partial charge in [-0.15, -0.1) is 0 Å². The first-order valence-electron chi connectivity index (χ1n) is 8.38. The maximum absolute atomic E-state index is 15.0. The SMILES string of the molecule is COCOc1cc(C=O)cc2nc(OC)c(-c3cccc(C(=O)OC)c3F)nc12. The van der Waals surface area contributed by atoms with Gasteiger partial charge < -0.3 is 18.9 Å². The largest absolute Gasteiger partial charge is 0.479 e. The molecule has 0 bridgehead atoms. The van der Waals surface area contributed by atoms with E-state index in [2.05, 4.69) is 14.7 Å². The molecule has 0 saturated heterocycles. The monoisotopic (exact) mass is 400 g/mol. The van der Waals surface area contributed by atoms with Crippen molar-refractivity contribution in [3.05, 3.63) is 47.3 Å². The van der Waals surface area contributed by atoms with Crippen LogP contribution < -0.4 is 9.47 Å². The Kier molecular flexibility index (Phi) is 5.99. The molecule has 9 heteroatoms. The number of carbonyl (C=O) groups excluding carboxylic acids is 2. The average Bonchev–Trinajstić information content (AvgIpc) is 2.75. The van der Waals surface area contributed by atoms with Gasteiger partial charge in [0.25, 0.3) is 0 Å². The second-order valence-electron chi connectivity index (χ2n) is 5.80. The molecule has 0 aliphatic heterocycles. The van der Waals surface area contributed by atoms with E-state index >= 15 is 4.39 Å². The van der Waals surface area contributed by atoms with Crippen LogP contribution in [0.2, 0.25) is 0 Å². The lowest BCUT2D eigenvalue weighted by Crippen LogP contribution is -2.07. The van der Waals surface area contributed by atoms with Crippen LogP contribution in [0, 0.1) is 5.82 Å². The third-order valence-electron chi connectivity index (χ3n) is 4.05. The molecule has 29 heavy (non-hydrogen) atoms. The summed E-state index contributed by atoms with van der Waals surface area (Å²) in [6, 6.07) is 7.21. The Morgan fingerprint density at radius 1 is 1.17 bits per heavy atom. The Bertz CT molecular complexity index is 1090. The topological polar surface area (TPSA) is 96.8 Å². The molecule has 0 unspecified atom stereocenters. The zero-order valence-electron chi connectivity index (χ0n) is 15.9. The molecule has 0 amide bonds. The number of rotatable bonds is 7. The van der Waals surface area contributed by atoms with Gasteiger partial charge >= 0.3 is 5.97 Å². The van der Waals surface area contributed by atoms with E-state index in [1.165, 1.54) is 44.6 Å². The lowest BCUT2D eigenvalue weighted by atomic mass is 10.1. The van der Waals surface area contributed by atoms with Gasteiger partial charge in [0.1, 0.15) is 23.3 Å². The third kappa shape index (κ3) is 3.85. The van der Waals surface area contributed by atoms with Crippen molar-refractivity contribution in [2.24, 2.45) is 0 Å². The number of carbonyl (C=O) groups is 2. The van der Waals surface area contributed by atoms with E-state index in [0.29, 0.717) is 17.4 Å². The van der Waals surface area contributed by atoms with Crippen molar-refractivity contribution < 1.29 is 32.9 Å². The van der Waals surface area contributed by atoms with Crippen molar-refractivity contribution in [3.8, 4) is 22.9 Å². The summed E-state index contributed by atoms with van der Waals surface area (Å²) in [5.41, 5.74) is 0.700. The number of nitrogens with zero attached hydrogens (tertiary/aromatic N) is 2. The molecule has 0 N–H and O–H groups in total.